The number of nitrogens with one attached hydrogen (secondary N) is 1. The third kappa shape index (κ3) is 4.02. The van der Waals surface area contributed by atoms with Crippen molar-refractivity contribution in [1.29, 1.82) is 0 Å². The monoisotopic (exact) mass is 364 g/mol. The number of carboxylic acid groups (broad SMARTS) is 1. The molecule has 1 saturated heterocycles. The number of aromatic nitrogens is 1. The number of carboxylic acids is 1. The second-order valence-electron chi connectivity index (χ2n) is 5.93. The van der Waals surface area contributed by atoms with Gasteiger partial charge in [0.15, 0.2) is 0 Å². The normalized spacial score (nSPS) is 16.4. The van der Waals surface area contributed by atoms with Gasteiger partial charge in [-0.25, -0.2) is 9.37 Å². The van der Waals surface area contributed by atoms with E-state index in [0.29, 0.717) is 41.5 Å². The van der Waals surface area contributed by atoms with Crippen LogP contribution < -0.4 is 5.32 Å². The Hall–Kier alpha value is -2.32. The van der Waals surface area contributed by atoms with Gasteiger partial charge in [0.25, 0.3) is 5.91 Å². The lowest BCUT2D eigenvalue weighted by atomic mass is 9.86. The van der Waals surface area contributed by atoms with E-state index in [1.807, 2.05) is 0 Å². The number of nitrogens with zero attached hydrogens (tertiary/aromatic N) is 1. The van der Waals surface area contributed by atoms with E-state index in [0.717, 1.165) is 11.3 Å². The number of halogens is 1. The van der Waals surface area contributed by atoms with Crippen molar-refractivity contribution in [3.63, 3.8) is 0 Å². The van der Waals surface area contributed by atoms with Gasteiger partial charge in [-0.05, 0) is 25.0 Å². The molecule has 2 aromatic rings. The van der Waals surface area contributed by atoms with Crippen LogP contribution in [0.3, 0.4) is 0 Å². The van der Waals surface area contributed by atoms with Crippen molar-refractivity contribution in [3.05, 3.63) is 41.2 Å². The van der Waals surface area contributed by atoms with Crippen LogP contribution in [0.2, 0.25) is 0 Å². The molecule has 0 radical (unpaired) electrons. The summed E-state index contributed by atoms with van der Waals surface area (Å²) < 4.78 is 19.1. The highest BCUT2D eigenvalue weighted by atomic mass is 32.1. The van der Waals surface area contributed by atoms with Gasteiger partial charge in [0.05, 0.1) is 18.2 Å². The maximum Gasteiger partial charge on any atom is 0.305 e. The minimum absolute atomic E-state index is 0.166. The van der Waals surface area contributed by atoms with Crippen molar-refractivity contribution < 1.29 is 23.8 Å². The minimum Gasteiger partial charge on any atom is -0.481 e. The van der Waals surface area contributed by atoms with Crippen LogP contribution in [0, 0.1) is 5.82 Å². The van der Waals surface area contributed by atoms with E-state index < -0.39 is 23.2 Å². The molecule has 1 amide bonds. The standard InChI is InChI=1S/C17H17FN2O4S/c18-12-4-2-1-3-11(12)16-19-10-13(25-16)15(23)20-17(9-14(21)22)5-7-24-8-6-17/h1-4,10H,5-9H2,(H,20,23)(H,21,22). The number of carbonyl (C=O) groups excluding carboxylic acids is 1. The van der Waals surface area contributed by atoms with Crippen molar-refractivity contribution >= 4 is 23.2 Å². The first-order valence-corrected chi connectivity index (χ1v) is 8.63. The Kier molecular flexibility index (Phi) is 5.10. The lowest BCUT2D eigenvalue weighted by molar-refractivity contribution is -0.139. The third-order valence-electron chi connectivity index (χ3n) is 4.15. The summed E-state index contributed by atoms with van der Waals surface area (Å²) in [6, 6.07) is 6.21. The molecule has 0 spiro atoms. The van der Waals surface area contributed by atoms with Crippen molar-refractivity contribution in [3.8, 4) is 10.6 Å². The number of benzene rings is 1. The van der Waals surface area contributed by atoms with Gasteiger partial charge in [-0.2, -0.15) is 0 Å². The van der Waals surface area contributed by atoms with Gasteiger partial charge in [0.1, 0.15) is 15.7 Å². The molecular weight excluding hydrogens is 347 g/mol. The van der Waals surface area contributed by atoms with E-state index in [9.17, 15) is 14.0 Å². The fourth-order valence-corrected chi connectivity index (χ4v) is 3.68. The number of aliphatic carboxylic acids is 1. The maximum absolute atomic E-state index is 13.8. The van der Waals surface area contributed by atoms with Crippen LogP contribution in [0.25, 0.3) is 10.6 Å². The number of carbonyl (C=O) groups is 2. The van der Waals surface area contributed by atoms with Crippen molar-refractivity contribution in [2.45, 2.75) is 24.8 Å². The molecule has 1 aliphatic heterocycles. The molecule has 8 heteroatoms. The summed E-state index contributed by atoms with van der Waals surface area (Å²) in [7, 11) is 0. The minimum atomic E-state index is -0.974. The van der Waals surface area contributed by atoms with Crippen LogP contribution >= 0.6 is 11.3 Å². The molecule has 0 aliphatic carbocycles. The van der Waals surface area contributed by atoms with Crippen LogP contribution in [0.5, 0.6) is 0 Å². The predicted molar refractivity (Wildman–Crippen MR) is 90.0 cm³/mol. The molecule has 1 fully saturated rings. The molecule has 2 heterocycles. The quantitative estimate of drug-likeness (QED) is 0.852. The average Bonchev–Trinajstić information content (AvgIpc) is 3.05. The number of thiazole rings is 1. The molecule has 1 aliphatic rings. The molecule has 1 aromatic heterocycles. The lowest BCUT2D eigenvalue weighted by Gasteiger charge is -2.36. The Morgan fingerprint density at radius 1 is 1.32 bits per heavy atom. The average molecular weight is 364 g/mol. The van der Waals surface area contributed by atoms with E-state index in [1.165, 1.54) is 12.3 Å². The number of amides is 1. The molecule has 0 unspecified atom stereocenters. The van der Waals surface area contributed by atoms with Gasteiger partial charge >= 0.3 is 5.97 Å². The highest BCUT2D eigenvalue weighted by Crippen LogP contribution is 2.29. The van der Waals surface area contributed by atoms with Crippen LogP contribution in [0.4, 0.5) is 4.39 Å². The maximum atomic E-state index is 13.8. The van der Waals surface area contributed by atoms with Crippen molar-refractivity contribution in [2.75, 3.05) is 13.2 Å². The van der Waals surface area contributed by atoms with Gasteiger partial charge in [0.2, 0.25) is 0 Å². The lowest BCUT2D eigenvalue weighted by Crippen LogP contribution is -2.53. The fourth-order valence-electron chi connectivity index (χ4n) is 2.84. The highest BCUT2D eigenvalue weighted by Gasteiger charge is 2.37. The molecule has 2 N–H and O–H groups in total. The number of ether oxygens (including phenoxy) is 1. The number of hydrogen-bond donors (Lipinski definition) is 2. The molecule has 132 valence electrons. The van der Waals surface area contributed by atoms with Crippen molar-refractivity contribution in [2.24, 2.45) is 0 Å². The van der Waals surface area contributed by atoms with Crippen LogP contribution in [-0.2, 0) is 9.53 Å². The Bertz CT molecular complexity index is 786. The van der Waals surface area contributed by atoms with E-state index in [4.69, 9.17) is 9.84 Å². The molecule has 25 heavy (non-hydrogen) atoms. The Balaban J connectivity index is 1.79. The zero-order valence-corrected chi connectivity index (χ0v) is 14.1. The van der Waals surface area contributed by atoms with Gasteiger partial charge in [-0.3, -0.25) is 9.59 Å². The summed E-state index contributed by atoms with van der Waals surface area (Å²) >= 11 is 1.07. The summed E-state index contributed by atoms with van der Waals surface area (Å²) in [6.45, 7) is 0.799. The Morgan fingerprint density at radius 3 is 2.72 bits per heavy atom. The molecule has 1 aromatic carbocycles. The summed E-state index contributed by atoms with van der Waals surface area (Å²) in [5.74, 6) is -1.78. The summed E-state index contributed by atoms with van der Waals surface area (Å²) in [4.78, 5) is 28.2. The Morgan fingerprint density at radius 2 is 2.04 bits per heavy atom. The first-order chi connectivity index (χ1) is 12.0. The second kappa shape index (κ2) is 7.28. The van der Waals surface area contributed by atoms with Crippen molar-refractivity contribution in [1.82, 2.24) is 10.3 Å². The van der Waals surface area contributed by atoms with Gasteiger partial charge in [-0.1, -0.05) is 12.1 Å². The van der Waals surface area contributed by atoms with Crippen LogP contribution in [-0.4, -0.2) is 40.7 Å². The largest absolute Gasteiger partial charge is 0.481 e. The summed E-state index contributed by atoms with van der Waals surface area (Å²) in [5, 5.41) is 12.4. The van der Waals surface area contributed by atoms with E-state index in [1.54, 1.807) is 18.2 Å². The molecule has 0 atom stereocenters. The fraction of sp³-hybridized carbons (Fsp3) is 0.353. The summed E-state index contributed by atoms with van der Waals surface area (Å²) in [6.07, 6.45) is 2.09. The van der Waals surface area contributed by atoms with Crippen LogP contribution in [0.1, 0.15) is 28.9 Å². The SMILES string of the molecule is O=C(O)CC1(NC(=O)c2cnc(-c3ccccc3F)s2)CCOCC1. The number of rotatable bonds is 5. The van der Waals surface area contributed by atoms with Gasteiger partial charge in [-0.15, -0.1) is 11.3 Å². The number of hydrogen-bond acceptors (Lipinski definition) is 5. The summed E-state index contributed by atoms with van der Waals surface area (Å²) in [5.41, 5.74) is -0.499. The molecular formula is C17H17FN2O4S. The zero-order valence-electron chi connectivity index (χ0n) is 13.3. The predicted octanol–water partition coefficient (Wildman–Crippen LogP) is 2.70. The highest BCUT2D eigenvalue weighted by molar-refractivity contribution is 7.16. The molecule has 0 bridgehead atoms. The Labute approximate surface area is 147 Å². The smallest absolute Gasteiger partial charge is 0.305 e. The second-order valence-corrected chi connectivity index (χ2v) is 6.96. The first-order valence-electron chi connectivity index (χ1n) is 7.82. The van der Waals surface area contributed by atoms with Gasteiger partial charge in [0, 0.05) is 18.8 Å². The molecule has 3 rings (SSSR count). The molecule has 0 saturated carbocycles. The zero-order chi connectivity index (χ0) is 17.9. The van der Waals surface area contributed by atoms with E-state index in [-0.39, 0.29) is 6.42 Å². The van der Waals surface area contributed by atoms with Crippen LogP contribution in [0.15, 0.2) is 30.5 Å². The molecule has 6 nitrogen and oxygen atoms in total. The van der Waals surface area contributed by atoms with E-state index >= 15 is 0 Å². The van der Waals surface area contributed by atoms with Gasteiger partial charge < -0.3 is 15.2 Å². The van der Waals surface area contributed by atoms with E-state index in [2.05, 4.69) is 10.3 Å². The topological polar surface area (TPSA) is 88.5 Å². The first kappa shape index (κ1) is 17.5. The third-order valence-corrected chi connectivity index (χ3v) is 5.18.